The predicted molar refractivity (Wildman–Crippen MR) is 114 cm³/mol. The van der Waals surface area contributed by atoms with Gasteiger partial charge >= 0.3 is 22.1 Å². The molecule has 1 heterocycles. The second-order valence-corrected chi connectivity index (χ2v) is 10.4. The lowest BCUT2D eigenvalue weighted by Gasteiger charge is -2.22. The molecular formula is C24H22O8S. The Morgan fingerprint density at radius 2 is 1.73 bits per heavy atom. The second kappa shape index (κ2) is 7.98. The number of rotatable bonds is 7. The molecule has 2 aromatic carbocycles. The summed E-state index contributed by atoms with van der Waals surface area (Å²) in [7, 11) is -4.00. The van der Waals surface area contributed by atoms with Gasteiger partial charge in [-0.05, 0) is 62.1 Å². The molecule has 2 aliphatic carbocycles. The Morgan fingerprint density at radius 3 is 2.42 bits per heavy atom. The first-order valence-corrected chi connectivity index (χ1v) is 12.2. The highest BCUT2D eigenvalue weighted by atomic mass is 32.2. The van der Waals surface area contributed by atoms with Gasteiger partial charge in [-0.2, -0.15) is 8.42 Å². The summed E-state index contributed by atoms with van der Waals surface area (Å²) in [5, 5.41) is 0. The molecule has 1 aliphatic heterocycles. The van der Waals surface area contributed by atoms with Crippen LogP contribution in [0.4, 0.5) is 0 Å². The van der Waals surface area contributed by atoms with Gasteiger partial charge < -0.3 is 13.7 Å². The van der Waals surface area contributed by atoms with Crippen LogP contribution in [-0.2, 0) is 29.2 Å². The van der Waals surface area contributed by atoms with E-state index in [0.717, 1.165) is 12.0 Å². The lowest BCUT2D eigenvalue weighted by molar-refractivity contribution is -0.154. The lowest BCUT2D eigenvalue weighted by Crippen LogP contribution is -2.34. The van der Waals surface area contributed by atoms with Crippen LogP contribution >= 0.6 is 0 Å². The van der Waals surface area contributed by atoms with Crippen molar-refractivity contribution in [3.63, 3.8) is 0 Å². The first-order valence-electron chi connectivity index (χ1n) is 10.7. The quantitative estimate of drug-likeness (QED) is 0.345. The van der Waals surface area contributed by atoms with Gasteiger partial charge in [-0.25, -0.2) is 0 Å². The average Bonchev–Trinajstić information content (AvgIpc) is 3.41. The number of Topliss-reactive ketones (excluding diaryl/α,β-unsaturated/α-hetero) is 1. The minimum Gasteiger partial charge on any atom is -0.462 e. The monoisotopic (exact) mass is 470 g/mol. The molecule has 0 N–H and O–H groups in total. The van der Waals surface area contributed by atoms with Gasteiger partial charge in [0, 0.05) is 11.5 Å². The normalized spacial score (nSPS) is 27.3. The van der Waals surface area contributed by atoms with Gasteiger partial charge in [-0.15, -0.1) is 0 Å². The summed E-state index contributed by atoms with van der Waals surface area (Å²) in [5.41, 5.74) is 1.17. The molecule has 172 valence electrons. The number of carbonyl (C=O) groups excluding carboxylic acids is 3. The van der Waals surface area contributed by atoms with Crippen LogP contribution in [-0.4, -0.2) is 38.9 Å². The Labute approximate surface area is 191 Å². The summed E-state index contributed by atoms with van der Waals surface area (Å²) < 4.78 is 40.5. The molecule has 0 amide bonds. The number of esters is 2. The van der Waals surface area contributed by atoms with Crippen LogP contribution in [0.3, 0.4) is 0 Å². The van der Waals surface area contributed by atoms with E-state index in [0.29, 0.717) is 6.42 Å². The summed E-state index contributed by atoms with van der Waals surface area (Å²) in [6.45, 7) is 1.39. The zero-order valence-electron chi connectivity index (χ0n) is 17.8. The van der Waals surface area contributed by atoms with Crippen molar-refractivity contribution in [3.8, 4) is 5.75 Å². The molecule has 2 bridgehead atoms. The maximum Gasteiger partial charge on any atom is 0.339 e. The number of benzene rings is 2. The summed E-state index contributed by atoms with van der Waals surface area (Å²) in [5.74, 6) is -2.12. The first-order chi connectivity index (χ1) is 15.7. The minimum absolute atomic E-state index is 0.0262. The van der Waals surface area contributed by atoms with Gasteiger partial charge in [-0.3, -0.25) is 14.4 Å². The van der Waals surface area contributed by atoms with E-state index in [1.54, 1.807) is 12.1 Å². The highest BCUT2D eigenvalue weighted by Crippen LogP contribution is 2.57. The SMILES string of the molecule is Cc1ccc(S(=O)(=O)Oc2ccc(C(=O)COC(=O)[C@@H]3[C@@H]4C[C@@H]5[C@H]3C(=O)O[C@@H]5C4)cc2)cc1. The third-order valence-electron chi connectivity index (χ3n) is 6.79. The Hall–Kier alpha value is -3.20. The molecule has 0 spiro atoms. The number of ether oxygens (including phenoxy) is 2. The Bertz CT molecular complexity index is 1210. The fourth-order valence-electron chi connectivity index (χ4n) is 5.22. The highest BCUT2D eigenvalue weighted by molar-refractivity contribution is 7.87. The van der Waals surface area contributed by atoms with Crippen LogP contribution in [0.15, 0.2) is 53.4 Å². The predicted octanol–water partition coefficient (Wildman–Crippen LogP) is 2.69. The van der Waals surface area contributed by atoms with Crippen molar-refractivity contribution in [2.45, 2.75) is 30.8 Å². The van der Waals surface area contributed by atoms with Crippen molar-refractivity contribution in [2.24, 2.45) is 23.7 Å². The van der Waals surface area contributed by atoms with Crippen molar-refractivity contribution >= 4 is 27.8 Å². The van der Waals surface area contributed by atoms with E-state index in [1.165, 1.54) is 36.4 Å². The lowest BCUT2D eigenvalue weighted by atomic mass is 9.80. The molecule has 9 heteroatoms. The summed E-state index contributed by atoms with van der Waals surface area (Å²) in [6.07, 6.45) is 1.38. The number of hydrogen-bond donors (Lipinski definition) is 0. The van der Waals surface area contributed by atoms with Crippen LogP contribution in [0.5, 0.6) is 5.75 Å². The minimum atomic E-state index is -4.00. The molecule has 5 rings (SSSR count). The van der Waals surface area contributed by atoms with Crippen LogP contribution in [0.25, 0.3) is 0 Å². The average molecular weight is 470 g/mol. The molecule has 33 heavy (non-hydrogen) atoms. The zero-order valence-corrected chi connectivity index (χ0v) is 18.6. The van der Waals surface area contributed by atoms with Gasteiger partial charge in [-0.1, -0.05) is 17.7 Å². The van der Waals surface area contributed by atoms with E-state index in [-0.39, 0.29) is 40.1 Å². The van der Waals surface area contributed by atoms with Gasteiger partial charge in [0.15, 0.2) is 12.4 Å². The number of aryl methyl sites for hydroxylation is 1. The van der Waals surface area contributed by atoms with Gasteiger partial charge in [0.1, 0.15) is 16.7 Å². The van der Waals surface area contributed by atoms with E-state index >= 15 is 0 Å². The van der Waals surface area contributed by atoms with Crippen LogP contribution < -0.4 is 4.18 Å². The van der Waals surface area contributed by atoms with Crippen molar-refractivity contribution in [3.05, 3.63) is 59.7 Å². The van der Waals surface area contributed by atoms with E-state index in [9.17, 15) is 22.8 Å². The Kier molecular flexibility index (Phi) is 5.23. The van der Waals surface area contributed by atoms with E-state index in [1.807, 2.05) is 6.92 Å². The van der Waals surface area contributed by atoms with E-state index in [4.69, 9.17) is 13.7 Å². The molecule has 3 fully saturated rings. The summed E-state index contributed by atoms with van der Waals surface area (Å²) in [4.78, 5) is 37.1. The van der Waals surface area contributed by atoms with Gasteiger partial charge in [0.05, 0.1) is 11.8 Å². The molecule has 3 aliphatic rings. The maximum atomic E-state index is 12.6. The maximum absolute atomic E-state index is 12.6. The highest BCUT2D eigenvalue weighted by Gasteiger charge is 2.64. The van der Waals surface area contributed by atoms with E-state index < -0.39 is 40.3 Å². The number of carbonyl (C=O) groups is 3. The smallest absolute Gasteiger partial charge is 0.339 e. The number of ketones is 1. The number of fused-ring (bicyclic) bond motifs is 1. The molecule has 0 aromatic heterocycles. The fraction of sp³-hybridized carbons (Fsp3) is 0.375. The second-order valence-electron chi connectivity index (χ2n) is 8.83. The molecule has 2 saturated carbocycles. The van der Waals surface area contributed by atoms with Crippen molar-refractivity contribution in [1.82, 2.24) is 0 Å². The summed E-state index contributed by atoms with van der Waals surface area (Å²) in [6, 6.07) is 11.8. The molecular weight excluding hydrogens is 448 g/mol. The molecule has 0 unspecified atom stereocenters. The summed E-state index contributed by atoms with van der Waals surface area (Å²) >= 11 is 0. The largest absolute Gasteiger partial charge is 0.462 e. The Morgan fingerprint density at radius 1 is 1.03 bits per heavy atom. The standard InChI is InChI=1S/C24H22O8S/c1-13-2-8-17(9-3-13)33(28,29)32-16-6-4-14(5-7-16)19(25)12-30-23(26)21-15-10-18-20(11-15)31-24(27)22(18)21/h2-9,15,18,20-22H,10-12H2,1H3/t15-,18+,20-,21-,22-/m1/s1. The zero-order chi connectivity index (χ0) is 23.3. The molecule has 2 aromatic rings. The van der Waals surface area contributed by atoms with Gasteiger partial charge in [0.2, 0.25) is 0 Å². The van der Waals surface area contributed by atoms with Crippen molar-refractivity contribution < 1.29 is 36.5 Å². The van der Waals surface area contributed by atoms with Crippen LogP contribution in [0, 0.1) is 30.6 Å². The van der Waals surface area contributed by atoms with Gasteiger partial charge in [0.25, 0.3) is 0 Å². The molecule has 5 atom stereocenters. The Balaban J connectivity index is 1.18. The fourth-order valence-corrected chi connectivity index (χ4v) is 6.15. The molecule has 0 radical (unpaired) electrons. The number of hydrogen-bond acceptors (Lipinski definition) is 8. The van der Waals surface area contributed by atoms with Crippen LogP contribution in [0.2, 0.25) is 0 Å². The van der Waals surface area contributed by atoms with Crippen molar-refractivity contribution in [2.75, 3.05) is 6.61 Å². The topological polar surface area (TPSA) is 113 Å². The first kappa shape index (κ1) is 21.6. The third kappa shape index (κ3) is 3.90. The van der Waals surface area contributed by atoms with E-state index in [2.05, 4.69) is 0 Å². The molecule has 1 saturated heterocycles. The third-order valence-corrected chi connectivity index (χ3v) is 8.05. The molecule has 8 nitrogen and oxygen atoms in total. The van der Waals surface area contributed by atoms with Crippen molar-refractivity contribution in [1.29, 1.82) is 0 Å². The van der Waals surface area contributed by atoms with Crippen LogP contribution in [0.1, 0.15) is 28.8 Å².